The van der Waals surface area contributed by atoms with E-state index in [1.54, 1.807) is 11.8 Å². The number of carbonyl (C=O) groups is 2. The van der Waals surface area contributed by atoms with Gasteiger partial charge in [0.2, 0.25) is 11.7 Å². The molecule has 1 aromatic heterocycles. The zero-order valence-electron chi connectivity index (χ0n) is 13.1. The topological polar surface area (TPSA) is 88.3 Å². The molecule has 2 saturated heterocycles. The fourth-order valence-corrected chi connectivity index (χ4v) is 4.33. The average molecular weight is 344 g/mol. The van der Waals surface area contributed by atoms with Crippen LogP contribution in [0.25, 0.3) is 11.4 Å². The molecule has 2 aromatic rings. The molecule has 7 nitrogen and oxygen atoms in total. The molecule has 1 aromatic carbocycles. The smallest absolute Gasteiger partial charge is 0.325 e. The first-order chi connectivity index (χ1) is 11.6. The van der Waals surface area contributed by atoms with Gasteiger partial charge in [0.1, 0.15) is 12.1 Å². The maximum Gasteiger partial charge on any atom is 0.325 e. The number of hydrogen-bond acceptors (Lipinski definition) is 6. The molecule has 1 N–H and O–H groups in total. The van der Waals surface area contributed by atoms with Gasteiger partial charge in [-0.3, -0.25) is 9.69 Å². The van der Waals surface area contributed by atoms with Gasteiger partial charge < -0.3 is 9.84 Å². The number of urea groups is 1. The number of nitrogens with one attached hydrogen (secondary N) is 1. The number of aromatic nitrogens is 2. The van der Waals surface area contributed by atoms with Gasteiger partial charge in [-0.15, -0.1) is 0 Å². The van der Waals surface area contributed by atoms with Crippen molar-refractivity contribution in [3.63, 3.8) is 0 Å². The molecule has 0 bridgehead atoms. The summed E-state index contributed by atoms with van der Waals surface area (Å²) in [4.78, 5) is 30.2. The summed E-state index contributed by atoms with van der Waals surface area (Å²) in [5.74, 6) is 1.99. The maximum atomic E-state index is 12.6. The monoisotopic (exact) mass is 344 g/mol. The van der Waals surface area contributed by atoms with E-state index in [1.807, 2.05) is 31.2 Å². The van der Waals surface area contributed by atoms with Crippen LogP contribution in [0.3, 0.4) is 0 Å². The first-order valence-electron chi connectivity index (χ1n) is 7.69. The summed E-state index contributed by atoms with van der Waals surface area (Å²) in [6, 6.07) is 7.35. The Morgan fingerprint density at radius 2 is 2.29 bits per heavy atom. The zero-order valence-corrected chi connectivity index (χ0v) is 13.9. The van der Waals surface area contributed by atoms with Crippen LogP contribution in [0.15, 0.2) is 28.8 Å². The van der Waals surface area contributed by atoms with Crippen molar-refractivity contribution in [2.24, 2.45) is 0 Å². The van der Waals surface area contributed by atoms with Crippen LogP contribution in [0.4, 0.5) is 4.79 Å². The Labute approximate surface area is 142 Å². The quantitative estimate of drug-likeness (QED) is 0.857. The molecule has 8 heteroatoms. The molecule has 124 valence electrons. The van der Waals surface area contributed by atoms with E-state index < -0.39 is 11.6 Å². The fraction of sp³-hybridized carbons (Fsp3) is 0.375. The lowest BCUT2D eigenvalue weighted by Gasteiger charge is -2.18. The van der Waals surface area contributed by atoms with Crippen LogP contribution in [-0.2, 0) is 11.3 Å². The molecular weight excluding hydrogens is 328 g/mol. The number of rotatable bonds is 3. The molecule has 2 aliphatic heterocycles. The molecule has 2 aliphatic rings. The van der Waals surface area contributed by atoms with Gasteiger partial charge in [0.15, 0.2) is 0 Å². The van der Waals surface area contributed by atoms with Gasteiger partial charge in [-0.25, -0.2) is 4.79 Å². The molecule has 1 spiro atoms. The predicted molar refractivity (Wildman–Crippen MR) is 88.2 cm³/mol. The van der Waals surface area contributed by atoms with Crippen molar-refractivity contribution < 1.29 is 14.1 Å². The van der Waals surface area contributed by atoms with Gasteiger partial charge in [-0.05, 0) is 25.2 Å². The Bertz CT molecular complexity index is 813. The highest BCUT2D eigenvalue weighted by molar-refractivity contribution is 7.99. The van der Waals surface area contributed by atoms with Crippen LogP contribution < -0.4 is 5.32 Å². The average Bonchev–Trinajstić information content (AvgIpc) is 3.26. The lowest BCUT2D eigenvalue weighted by atomic mass is 9.99. The lowest BCUT2D eigenvalue weighted by Crippen LogP contribution is -2.46. The molecule has 1 atom stereocenters. The van der Waals surface area contributed by atoms with E-state index in [0.717, 1.165) is 16.9 Å². The van der Waals surface area contributed by atoms with Gasteiger partial charge >= 0.3 is 6.03 Å². The third kappa shape index (κ3) is 2.47. The van der Waals surface area contributed by atoms with Gasteiger partial charge in [0.05, 0.1) is 0 Å². The molecule has 1 unspecified atom stereocenters. The Balaban J connectivity index is 1.54. The molecule has 2 fully saturated rings. The second-order valence-corrected chi connectivity index (χ2v) is 7.19. The van der Waals surface area contributed by atoms with Crippen molar-refractivity contribution in [3.05, 3.63) is 35.7 Å². The minimum atomic E-state index is -0.749. The number of nitrogens with zero attached hydrogens (tertiary/aromatic N) is 3. The van der Waals surface area contributed by atoms with E-state index in [-0.39, 0.29) is 18.3 Å². The number of amides is 3. The third-order valence-corrected chi connectivity index (χ3v) is 5.49. The van der Waals surface area contributed by atoms with E-state index in [4.69, 9.17) is 4.52 Å². The summed E-state index contributed by atoms with van der Waals surface area (Å²) in [7, 11) is 0. The highest BCUT2D eigenvalue weighted by atomic mass is 32.2. The Morgan fingerprint density at radius 1 is 1.42 bits per heavy atom. The van der Waals surface area contributed by atoms with Crippen LogP contribution in [0.2, 0.25) is 0 Å². The molecule has 24 heavy (non-hydrogen) atoms. The van der Waals surface area contributed by atoms with Gasteiger partial charge in [0.25, 0.3) is 5.91 Å². The second-order valence-electron chi connectivity index (χ2n) is 6.09. The summed E-state index contributed by atoms with van der Waals surface area (Å²) >= 11 is 1.67. The van der Waals surface area contributed by atoms with Crippen molar-refractivity contribution in [1.82, 2.24) is 20.4 Å². The summed E-state index contributed by atoms with van der Waals surface area (Å²) in [5, 5.41) is 6.77. The minimum Gasteiger partial charge on any atom is -0.337 e. The van der Waals surface area contributed by atoms with Crippen LogP contribution in [0.5, 0.6) is 0 Å². The SMILES string of the molecule is Cc1cccc(-c2noc(CN3C(=O)NC4(CCSC4)C3=O)n2)c1. The van der Waals surface area contributed by atoms with E-state index >= 15 is 0 Å². The Hall–Kier alpha value is -2.35. The molecule has 0 saturated carbocycles. The van der Waals surface area contributed by atoms with Crippen LogP contribution >= 0.6 is 11.8 Å². The number of hydrogen-bond donors (Lipinski definition) is 1. The number of aryl methyl sites for hydroxylation is 1. The van der Waals surface area contributed by atoms with Crippen LogP contribution in [0, 0.1) is 6.92 Å². The molecule has 0 aliphatic carbocycles. The molecular formula is C16H16N4O3S. The summed E-state index contributed by atoms with van der Waals surface area (Å²) in [6.07, 6.45) is 0.664. The molecule has 4 rings (SSSR count). The molecule has 3 heterocycles. The van der Waals surface area contributed by atoms with Crippen molar-refractivity contribution >= 4 is 23.7 Å². The summed E-state index contributed by atoms with van der Waals surface area (Å²) in [6.45, 7) is 1.98. The van der Waals surface area contributed by atoms with Crippen molar-refractivity contribution in [1.29, 1.82) is 0 Å². The van der Waals surface area contributed by atoms with Crippen molar-refractivity contribution in [2.75, 3.05) is 11.5 Å². The summed E-state index contributed by atoms with van der Waals surface area (Å²) in [5.41, 5.74) is 1.18. The van der Waals surface area contributed by atoms with Gasteiger partial charge in [-0.1, -0.05) is 28.9 Å². The largest absolute Gasteiger partial charge is 0.337 e. The molecule has 0 radical (unpaired) electrons. The standard InChI is InChI=1S/C16H16N4O3S/c1-10-3-2-4-11(7-10)13-17-12(23-19-13)8-20-14(21)16(18-15(20)22)5-6-24-9-16/h2-4,7H,5-6,8-9H2,1H3,(H,18,22). The maximum absolute atomic E-state index is 12.6. The van der Waals surface area contributed by atoms with Crippen LogP contribution in [-0.4, -0.2) is 44.0 Å². The highest BCUT2D eigenvalue weighted by Gasteiger charge is 2.53. The van der Waals surface area contributed by atoms with Crippen LogP contribution in [0.1, 0.15) is 17.9 Å². The van der Waals surface area contributed by atoms with Gasteiger partial charge in [-0.2, -0.15) is 16.7 Å². The lowest BCUT2D eigenvalue weighted by molar-refractivity contribution is -0.131. The van der Waals surface area contributed by atoms with E-state index in [9.17, 15) is 9.59 Å². The highest BCUT2D eigenvalue weighted by Crippen LogP contribution is 2.34. The first kappa shape index (κ1) is 15.2. The molecule has 3 amide bonds. The number of benzene rings is 1. The zero-order chi connectivity index (χ0) is 16.7. The number of thioether (sulfide) groups is 1. The van der Waals surface area contributed by atoms with Crippen molar-refractivity contribution in [2.45, 2.75) is 25.4 Å². The van der Waals surface area contributed by atoms with E-state index in [1.165, 1.54) is 4.90 Å². The van der Waals surface area contributed by atoms with Gasteiger partial charge in [0, 0.05) is 11.3 Å². The van der Waals surface area contributed by atoms with E-state index in [0.29, 0.717) is 18.0 Å². The predicted octanol–water partition coefficient (Wildman–Crippen LogP) is 1.97. The fourth-order valence-electron chi connectivity index (χ4n) is 3.01. The minimum absolute atomic E-state index is 0.00407. The Morgan fingerprint density at radius 3 is 3.04 bits per heavy atom. The first-order valence-corrected chi connectivity index (χ1v) is 8.84. The number of imide groups is 1. The third-order valence-electron chi connectivity index (χ3n) is 4.31. The van der Waals surface area contributed by atoms with E-state index in [2.05, 4.69) is 15.5 Å². The number of carbonyl (C=O) groups excluding carboxylic acids is 2. The normalized spacial score (nSPS) is 23.3. The van der Waals surface area contributed by atoms with Crippen molar-refractivity contribution in [3.8, 4) is 11.4 Å². The second kappa shape index (κ2) is 5.62. The Kier molecular flexibility index (Phi) is 3.56. The summed E-state index contributed by atoms with van der Waals surface area (Å²) < 4.78 is 5.23.